The van der Waals surface area contributed by atoms with Crippen LogP contribution in [0.3, 0.4) is 0 Å². The van der Waals surface area contributed by atoms with Crippen LogP contribution in [0.25, 0.3) is 0 Å². The molecule has 1 aromatic carbocycles. The van der Waals surface area contributed by atoms with Crippen molar-refractivity contribution in [2.24, 2.45) is 5.92 Å². The van der Waals surface area contributed by atoms with Crippen LogP contribution in [0.4, 0.5) is 0 Å². The number of ether oxygens (including phenoxy) is 1. The maximum atomic E-state index is 12.4. The van der Waals surface area contributed by atoms with E-state index in [1.54, 1.807) is 12.1 Å². The molecule has 1 saturated heterocycles. The fraction of sp³-hybridized carbons (Fsp3) is 0.650. The number of amides is 1. The Balaban J connectivity index is 1.86. The number of carbonyl (C=O) groups excluding carboxylic acids is 1. The standard InChI is InChI=1S/C20H32N2O4S/c1-15(2)6-4-7-16(3)22-20(23)17-9-11-19(12-10-17)27(24,25)21-14-18-8-5-13-26-18/h9-12,15-16,18,21H,4-8,13-14H2,1-3H3,(H,22,23). The van der Waals surface area contributed by atoms with Crippen LogP contribution in [0.5, 0.6) is 0 Å². The molecule has 2 N–H and O–H groups in total. The summed E-state index contributed by atoms with van der Waals surface area (Å²) in [6, 6.07) is 6.13. The fourth-order valence-corrected chi connectivity index (χ4v) is 4.15. The first kappa shape index (κ1) is 21.9. The second kappa shape index (κ2) is 10.2. The van der Waals surface area contributed by atoms with Crippen LogP contribution < -0.4 is 10.0 Å². The van der Waals surface area contributed by atoms with Crippen LogP contribution in [0.1, 0.15) is 63.2 Å². The van der Waals surface area contributed by atoms with E-state index in [1.807, 2.05) is 6.92 Å². The van der Waals surface area contributed by atoms with E-state index in [9.17, 15) is 13.2 Å². The third kappa shape index (κ3) is 7.24. The molecule has 0 saturated carbocycles. The van der Waals surface area contributed by atoms with Crippen molar-refractivity contribution >= 4 is 15.9 Å². The Labute approximate surface area is 163 Å². The van der Waals surface area contributed by atoms with Gasteiger partial charge in [-0.15, -0.1) is 0 Å². The van der Waals surface area contributed by atoms with Gasteiger partial charge in [-0.05, 0) is 56.4 Å². The maximum absolute atomic E-state index is 12.4. The quantitative estimate of drug-likeness (QED) is 0.636. The summed E-state index contributed by atoms with van der Waals surface area (Å²) in [5, 5.41) is 2.97. The molecule has 1 aliphatic heterocycles. The summed E-state index contributed by atoms with van der Waals surface area (Å²) in [4.78, 5) is 12.5. The van der Waals surface area contributed by atoms with E-state index < -0.39 is 10.0 Å². The Morgan fingerprint density at radius 3 is 2.48 bits per heavy atom. The van der Waals surface area contributed by atoms with Crippen LogP contribution in [0, 0.1) is 5.92 Å². The average Bonchev–Trinajstić information content (AvgIpc) is 3.13. The molecule has 152 valence electrons. The van der Waals surface area contributed by atoms with Crippen LogP contribution >= 0.6 is 0 Å². The lowest BCUT2D eigenvalue weighted by Crippen LogP contribution is -2.33. The Morgan fingerprint density at radius 2 is 1.89 bits per heavy atom. The topological polar surface area (TPSA) is 84.5 Å². The summed E-state index contributed by atoms with van der Waals surface area (Å²) in [5.74, 6) is 0.486. The minimum Gasteiger partial charge on any atom is -0.377 e. The first-order chi connectivity index (χ1) is 12.8. The van der Waals surface area contributed by atoms with Gasteiger partial charge in [0, 0.05) is 24.8 Å². The molecule has 27 heavy (non-hydrogen) atoms. The van der Waals surface area contributed by atoms with Crippen molar-refractivity contribution in [1.29, 1.82) is 0 Å². The van der Waals surface area contributed by atoms with Crippen LogP contribution in [0.2, 0.25) is 0 Å². The highest BCUT2D eigenvalue weighted by Gasteiger charge is 2.20. The normalized spacial score (nSPS) is 18.6. The molecule has 1 aromatic rings. The first-order valence-corrected chi connectivity index (χ1v) is 11.3. The second-order valence-corrected chi connectivity index (χ2v) is 9.48. The van der Waals surface area contributed by atoms with Crippen LogP contribution in [-0.4, -0.2) is 39.6 Å². The van der Waals surface area contributed by atoms with Crippen molar-refractivity contribution in [2.45, 2.75) is 69.9 Å². The molecule has 1 heterocycles. The van der Waals surface area contributed by atoms with E-state index >= 15 is 0 Å². The molecule has 1 amide bonds. The average molecular weight is 397 g/mol. The van der Waals surface area contributed by atoms with Crippen molar-refractivity contribution in [2.75, 3.05) is 13.2 Å². The van der Waals surface area contributed by atoms with Gasteiger partial charge in [0.25, 0.3) is 5.91 Å². The molecule has 1 aliphatic rings. The third-order valence-electron chi connectivity index (χ3n) is 4.75. The number of nitrogens with one attached hydrogen (secondary N) is 2. The molecule has 0 aliphatic carbocycles. The summed E-state index contributed by atoms with van der Waals surface area (Å²) in [7, 11) is -3.60. The highest BCUT2D eigenvalue weighted by atomic mass is 32.2. The smallest absolute Gasteiger partial charge is 0.251 e. The summed E-state index contributed by atoms with van der Waals surface area (Å²) in [6.45, 7) is 7.33. The van der Waals surface area contributed by atoms with E-state index in [1.165, 1.54) is 12.1 Å². The van der Waals surface area contributed by atoms with Crippen molar-refractivity contribution in [1.82, 2.24) is 10.0 Å². The van der Waals surface area contributed by atoms with Gasteiger partial charge in [-0.25, -0.2) is 13.1 Å². The summed E-state index contributed by atoms with van der Waals surface area (Å²) < 4.78 is 32.7. The lowest BCUT2D eigenvalue weighted by Gasteiger charge is -2.15. The Hall–Kier alpha value is -1.44. The molecule has 2 rings (SSSR count). The zero-order valence-electron chi connectivity index (χ0n) is 16.5. The van der Waals surface area contributed by atoms with Crippen LogP contribution in [0.15, 0.2) is 29.2 Å². The van der Waals surface area contributed by atoms with Gasteiger partial charge < -0.3 is 10.1 Å². The Bertz CT molecular complexity index is 695. The molecular weight excluding hydrogens is 364 g/mol. The van der Waals surface area contributed by atoms with E-state index in [2.05, 4.69) is 23.9 Å². The van der Waals surface area contributed by atoms with E-state index in [0.717, 1.165) is 32.1 Å². The molecule has 0 aromatic heterocycles. The molecule has 2 unspecified atom stereocenters. The molecule has 0 radical (unpaired) electrons. The molecule has 0 spiro atoms. The molecule has 6 nitrogen and oxygen atoms in total. The summed E-state index contributed by atoms with van der Waals surface area (Å²) >= 11 is 0. The van der Waals surface area contributed by atoms with Gasteiger partial charge in [0.15, 0.2) is 0 Å². The minimum absolute atomic E-state index is 0.0537. The summed E-state index contributed by atoms with van der Waals surface area (Å²) in [5.41, 5.74) is 0.462. The third-order valence-corrected chi connectivity index (χ3v) is 6.19. The molecule has 0 bridgehead atoms. The SMILES string of the molecule is CC(C)CCCC(C)NC(=O)c1ccc(S(=O)(=O)NCC2CCCO2)cc1. The minimum atomic E-state index is -3.60. The maximum Gasteiger partial charge on any atom is 0.251 e. The Morgan fingerprint density at radius 1 is 1.19 bits per heavy atom. The predicted molar refractivity (Wildman–Crippen MR) is 106 cm³/mol. The highest BCUT2D eigenvalue weighted by molar-refractivity contribution is 7.89. The predicted octanol–water partition coefficient (Wildman–Crippen LogP) is 3.09. The number of carbonyl (C=O) groups is 1. The van der Waals surface area contributed by atoms with E-state index in [0.29, 0.717) is 18.1 Å². The van der Waals surface area contributed by atoms with Gasteiger partial charge >= 0.3 is 0 Å². The number of rotatable bonds is 10. The largest absolute Gasteiger partial charge is 0.377 e. The number of hydrogen-bond acceptors (Lipinski definition) is 4. The second-order valence-electron chi connectivity index (χ2n) is 7.71. The van der Waals surface area contributed by atoms with Gasteiger partial charge in [0.1, 0.15) is 0 Å². The molecule has 7 heteroatoms. The van der Waals surface area contributed by atoms with Gasteiger partial charge in [-0.1, -0.05) is 26.7 Å². The van der Waals surface area contributed by atoms with Crippen molar-refractivity contribution < 1.29 is 17.9 Å². The molecular formula is C20H32N2O4S. The molecule has 1 fully saturated rings. The van der Waals surface area contributed by atoms with Gasteiger partial charge in [-0.3, -0.25) is 4.79 Å². The zero-order chi connectivity index (χ0) is 19.9. The number of sulfonamides is 1. The van der Waals surface area contributed by atoms with Crippen molar-refractivity contribution in [3.8, 4) is 0 Å². The van der Waals surface area contributed by atoms with E-state index in [-0.39, 0.29) is 29.5 Å². The lowest BCUT2D eigenvalue weighted by atomic mass is 10.0. The molecule has 2 atom stereocenters. The van der Waals surface area contributed by atoms with E-state index in [4.69, 9.17) is 4.74 Å². The first-order valence-electron chi connectivity index (χ1n) is 9.80. The van der Waals surface area contributed by atoms with Gasteiger partial charge in [0.2, 0.25) is 10.0 Å². The van der Waals surface area contributed by atoms with Gasteiger partial charge in [-0.2, -0.15) is 0 Å². The summed E-state index contributed by atoms with van der Waals surface area (Å²) in [6.07, 6.45) is 4.94. The van der Waals surface area contributed by atoms with Crippen LogP contribution in [-0.2, 0) is 14.8 Å². The lowest BCUT2D eigenvalue weighted by molar-refractivity contribution is 0.0937. The monoisotopic (exact) mass is 396 g/mol. The zero-order valence-corrected chi connectivity index (χ0v) is 17.3. The van der Waals surface area contributed by atoms with Crippen molar-refractivity contribution in [3.63, 3.8) is 0 Å². The fourth-order valence-electron chi connectivity index (χ4n) is 3.09. The highest BCUT2D eigenvalue weighted by Crippen LogP contribution is 2.14. The Kier molecular flexibility index (Phi) is 8.26. The number of hydrogen-bond donors (Lipinski definition) is 2. The van der Waals surface area contributed by atoms with Gasteiger partial charge in [0.05, 0.1) is 11.0 Å². The van der Waals surface area contributed by atoms with Crippen molar-refractivity contribution in [3.05, 3.63) is 29.8 Å². The number of benzene rings is 1.